The summed E-state index contributed by atoms with van der Waals surface area (Å²) in [5.74, 6) is 0. The van der Waals surface area contributed by atoms with Crippen LogP contribution in [0.15, 0.2) is 54.6 Å². The summed E-state index contributed by atoms with van der Waals surface area (Å²) in [6.45, 7) is 22.4. The number of para-hydroxylation sites is 1. The second-order valence-electron chi connectivity index (χ2n) is 12.5. The van der Waals surface area contributed by atoms with E-state index in [1.165, 1.54) is 49.4 Å². The van der Waals surface area contributed by atoms with Crippen molar-refractivity contribution in [3.8, 4) is 0 Å². The number of hydrogen-bond donors (Lipinski definition) is 0. The van der Waals surface area contributed by atoms with Gasteiger partial charge < -0.3 is 4.90 Å². The lowest BCUT2D eigenvalue weighted by Crippen LogP contribution is -2.46. The lowest BCUT2D eigenvalue weighted by atomic mass is 9.86. The van der Waals surface area contributed by atoms with E-state index in [0.717, 1.165) is 13.1 Å². The van der Waals surface area contributed by atoms with Crippen molar-refractivity contribution in [3.63, 3.8) is 0 Å². The molecular weight excluding hydrogens is 526 g/mol. The van der Waals surface area contributed by atoms with Crippen molar-refractivity contribution in [2.24, 2.45) is 0 Å². The maximum Gasteiger partial charge on any atom is 0.0751 e. The third kappa shape index (κ3) is 3.97. The van der Waals surface area contributed by atoms with Gasteiger partial charge in [0.15, 0.2) is 0 Å². The zero-order chi connectivity index (χ0) is 27.1. The van der Waals surface area contributed by atoms with Crippen LogP contribution < -0.4 is 26.1 Å². The van der Waals surface area contributed by atoms with E-state index in [0.29, 0.717) is 0 Å². The molecule has 2 atom stereocenters. The molecule has 2 aliphatic rings. The minimum Gasteiger partial charge on any atom is -0.308 e. The van der Waals surface area contributed by atoms with Crippen molar-refractivity contribution >= 4 is 74.1 Å². The van der Waals surface area contributed by atoms with Gasteiger partial charge >= 0.3 is 0 Å². The molecule has 0 fully saturated rings. The summed E-state index contributed by atoms with van der Waals surface area (Å²) in [7, 11) is 0. The summed E-state index contributed by atoms with van der Waals surface area (Å²) >= 11 is 13.4. The van der Waals surface area contributed by atoms with E-state index in [4.69, 9.17) is 23.6 Å². The highest BCUT2D eigenvalue weighted by atomic mass is 32.4. The predicted molar refractivity (Wildman–Crippen MR) is 174 cm³/mol. The Morgan fingerprint density at radius 3 is 1.70 bits per heavy atom. The molecule has 6 heteroatoms. The fourth-order valence-electron chi connectivity index (χ4n) is 5.85. The van der Waals surface area contributed by atoms with E-state index in [2.05, 4.69) is 126 Å². The maximum absolute atomic E-state index is 6.85. The van der Waals surface area contributed by atoms with E-state index in [1.807, 2.05) is 0 Å². The van der Waals surface area contributed by atoms with Crippen LogP contribution in [0.25, 0.3) is 0 Å². The number of hydrogen-bond acceptors (Lipinski definition) is 3. The summed E-state index contributed by atoms with van der Waals surface area (Å²) in [5.41, 5.74) is 6.55. The van der Waals surface area contributed by atoms with Gasteiger partial charge in [0.25, 0.3) is 0 Å². The summed E-state index contributed by atoms with van der Waals surface area (Å²) in [6.07, 6.45) is -2.24. The largest absolute Gasteiger partial charge is 0.308 e. The molecule has 0 radical (unpaired) electrons. The molecule has 0 aromatic heterocycles. The van der Waals surface area contributed by atoms with Gasteiger partial charge in [0.1, 0.15) is 0 Å². The van der Waals surface area contributed by atoms with Gasteiger partial charge in [-0.2, -0.15) is 0 Å². The standard InChI is InChI=1S/C31H40N2P2S2/c1-10-32(11-2)35(37)26-18-16-22(31(6,7)8)20-24(26)33-23-19-21(30(3,4)5)15-17-25(23)34(9,36)27-13-12-14-28(35)29(27)33/h12-20H,10-11H2,1-9H3. The van der Waals surface area contributed by atoms with Gasteiger partial charge in [-0.25, -0.2) is 0 Å². The predicted octanol–water partition coefficient (Wildman–Crippen LogP) is 7.13. The van der Waals surface area contributed by atoms with Gasteiger partial charge in [0.05, 0.1) is 23.3 Å². The van der Waals surface area contributed by atoms with Crippen LogP contribution in [-0.2, 0) is 34.4 Å². The monoisotopic (exact) mass is 566 g/mol. The van der Waals surface area contributed by atoms with Crippen LogP contribution in [0.1, 0.15) is 66.5 Å². The van der Waals surface area contributed by atoms with Gasteiger partial charge in [-0.05, 0) is 46.8 Å². The first kappa shape index (κ1) is 27.3. The van der Waals surface area contributed by atoms with E-state index in [-0.39, 0.29) is 10.8 Å². The van der Waals surface area contributed by atoms with Crippen molar-refractivity contribution in [1.82, 2.24) is 4.67 Å². The summed E-state index contributed by atoms with van der Waals surface area (Å²) in [5, 5.41) is 5.24. The van der Waals surface area contributed by atoms with Crippen LogP contribution in [0.5, 0.6) is 0 Å². The molecule has 2 aliphatic heterocycles. The average Bonchev–Trinajstić information content (AvgIpc) is 2.82. The first-order chi connectivity index (χ1) is 17.2. The van der Waals surface area contributed by atoms with Gasteiger partial charge in [0.2, 0.25) is 0 Å². The van der Waals surface area contributed by atoms with Crippen LogP contribution in [0.2, 0.25) is 0 Å². The molecule has 0 bridgehead atoms. The van der Waals surface area contributed by atoms with Crippen molar-refractivity contribution in [2.45, 2.75) is 66.2 Å². The molecule has 3 aromatic carbocycles. The van der Waals surface area contributed by atoms with Crippen molar-refractivity contribution in [2.75, 3.05) is 24.7 Å². The Bertz CT molecular complexity index is 1510. The molecule has 0 amide bonds. The smallest absolute Gasteiger partial charge is 0.0751 e. The van der Waals surface area contributed by atoms with Crippen LogP contribution >= 0.6 is 12.2 Å². The van der Waals surface area contributed by atoms with Crippen LogP contribution in [0.4, 0.5) is 17.1 Å². The van der Waals surface area contributed by atoms with Crippen LogP contribution in [-0.4, -0.2) is 24.4 Å². The van der Waals surface area contributed by atoms with E-state index < -0.39 is 12.2 Å². The van der Waals surface area contributed by atoms with Crippen molar-refractivity contribution in [3.05, 3.63) is 65.7 Å². The van der Waals surface area contributed by atoms with Gasteiger partial charge in [-0.3, -0.25) is 4.67 Å². The normalized spacial score (nSPS) is 22.5. The van der Waals surface area contributed by atoms with Crippen molar-refractivity contribution in [1.29, 1.82) is 0 Å². The van der Waals surface area contributed by atoms with E-state index in [1.54, 1.807) is 0 Å². The topological polar surface area (TPSA) is 6.48 Å². The SMILES string of the molecule is CCN(CC)P1(=S)c2ccc(C(C)(C)C)cc2N2c3cc(C(C)(C)C)ccc3P(C)(=S)c3cccc1c32. The Hall–Kier alpha value is -1.28. The first-order valence-corrected chi connectivity index (χ1v) is 19.3. The number of fused-ring (bicyclic) bond motifs is 4. The van der Waals surface area contributed by atoms with Crippen LogP contribution in [0, 0.1) is 0 Å². The number of nitrogens with zero attached hydrogens (tertiary/aromatic N) is 2. The Morgan fingerprint density at radius 1 is 0.703 bits per heavy atom. The molecule has 3 aromatic rings. The lowest BCUT2D eigenvalue weighted by Gasteiger charge is -2.49. The second kappa shape index (κ2) is 8.87. The molecule has 2 nitrogen and oxygen atoms in total. The number of anilines is 3. The maximum atomic E-state index is 6.85. The van der Waals surface area contributed by atoms with Crippen LogP contribution in [0.3, 0.4) is 0 Å². The first-order valence-electron chi connectivity index (χ1n) is 13.3. The fourth-order valence-corrected chi connectivity index (χ4v) is 13.9. The molecule has 2 unspecified atom stereocenters. The van der Waals surface area contributed by atoms with Gasteiger partial charge in [-0.1, -0.05) is 115 Å². The molecular formula is C31H40N2P2S2. The third-order valence-corrected chi connectivity index (χ3v) is 17.1. The molecule has 0 spiro atoms. The Kier molecular flexibility index (Phi) is 6.54. The van der Waals surface area contributed by atoms with E-state index in [9.17, 15) is 0 Å². The quantitative estimate of drug-likeness (QED) is 0.311. The summed E-state index contributed by atoms with van der Waals surface area (Å²) in [4.78, 5) is 2.54. The number of rotatable bonds is 3. The van der Waals surface area contributed by atoms with Gasteiger partial charge in [-0.15, -0.1) is 0 Å². The lowest BCUT2D eigenvalue weighted by molar-refractivity contribution is 0.513. The Morgan fingerprint density at radius 2 is 1.19 bits per heavy atom. The fraction of sp³-hybridized carbons (Fsp3) is 0.419. The summed E-state index contributed by atoms with van der Waals surface area (Å²) in [6, 6.07) is 19.0. The molecule has 0 saturated carbocycles. The average molecular weight is 567 g/mol. The Labute approximate surface area is 234 Å². The molecule has 0 aliphatic carbocycles. The Balaban J connectivity index is 1.96. The highest BCUT2D eigenvalue weighted by Crippen LogP contribution is 2.61. The molecule has 2 heterocycles. The molecule has 196 valence electrons. The highest BCUT2D eigenvalue weighted by molar-refractivity contribution is 8.22. The van der Waals surface area contributed by atoms with Gasteiger partial charge in [0, 0.05) is 40.3 Å². The molecule has 5 rings (SSSR count). The highest BCUT2D eigenvalue weighted by Gasteiger charge is 2.45. The minimum absolute atomic E-state index is 0.0397. The molecule has 0 saturated heterocycles. The molecule has 37 heavy (non-hydrogen) atoms. The third-order valence-electron chi connectivity index (χ3n) is 8.08. The second-order valence-corrected chi connectivity index (χ2v) is 21.8. The minimum atomic E-state index is -2.24. The zero-order valence-electron chi connectivity index (χ0n) is 23.7. The molecule has 0 N–H and O–H groups in total. The van der Waals surface area contributed by atoms with Crippen molar-refractivity contribution < 1.29 is 0 Å². The number of benzene rings is 3. The summed E-state index contributed by atoms with van der Waals surface area (Å²) < 4.78 is 2.55. The zero-order valence-corrected chi connectivity index (χ0v) is 27.1. The van der Waals surface area contributed by atoms with E-state index >= 15 is 0 Å².